The largest absolute Gasteiger partial charge is 0.492 e. The summed E-state index contributed by atoms with van der Waals surface area (Å²) in [4.78, 5) is 19.8. The first kappa shape index (κ1) is 20.3. The van der Waals surface area contributed by atoms with Crippen LogP contribution in [0.3, 0.4) is 0 Å². The van der Waals surface area contributed by atoms with Gasteiger partial charge in [0.05, 0.1) is 17.6 Å². The number of nitrogens with zero attached hydrogens (tertiary/aromatic N) is 3. The van der Waals surface area contributed by atoms with E-state index in [1.54, 1.807) is 0 Å². The van der Waals surface area contributed by atoms with Gasteiger partial charge in [0.15, 0.2) is 0 Å². The van der Waals surface area contributed by atoms with Gasteiger partial charge in [0.1, 0.15) is 18.2 Å². The van der Waals surface area contributed by atoms with Crippen LogP contribution in [0.25, 0.3) is 11.0 Å². The number of hydrogen-bond donors (Lipinski definition) is 0. The summed E-state index contributed by atoms with van der Waals surface area (Å²) in [5, 5.41) is 0. The molecule has 1 aliphatic heterocycles. The third kappa shape index (κ3) is 3.86. The number of para-hydroxylation sites is 3. The van der Waals surface area contributed by atoms with Crippen molar-refractivity contribution in [3.63, 3.8) is 0 Å². The smallest absolute Gasteiger partial charge is 0.227 e. The normalized spacial score (nSPS) is 16.1. The molecule has 32 heavy (non-hydrogen) atoms. The Hall–Kier alpha value is -3.60. The van der Waals surface area contributed by atoms with E-state index >= 15 is 0 Å². The minimum absolute atomic E-state index is 0.0499. The number of amides is 1. The van der Waals surface area contributed by atoms with Crippen LogP contribution in [0.4, 0.5) is 5.69 Å². The second-order valence-corrected chi connectivity index (χ2v) is 8.46. The van der Waals surface area contributed by atoms with Crippen molar-refractivity contribution in [1.29, 1.82) is 0 Å². The van der Waals surface area contributed by atoms with Gasteiger partial charge in [-0.3, -0.25) is 4.79 Å². The van der Waals surface area contributed by atoms with Gasteiger partial charge in [-0.15, -0.1) is 0 Å². The summed E-state index contributed by atoms with van der Waals surface area (Å²) in [6, 6.07) is 24.3. The van der Waals surface area contributed by atoms with Gasteiger partial charge in [0.25, 0.3) is 0 Å². The number of imidazole rings is 1. The third-order valence-corrected chi connectivity index (χ3v) is 6.19. The van der Waals surface area contributed by atoms with Crippen LogP contribution >= 0.6 is 0 Å². The predicted molar refractivity (Wildman–Crippen MR) is 127 cm³/mol. The highest BCUT2D eigenvalue weighted by Crippen LogP contribution is 2.34. The first-order chi connectivity index (χ1) is 15.6. The Bertz CT molecular complexity index is 1260. The SMILES string of the molecule is Cc1ccc(OCCn2c(C3CC(=O)N(c4ccccc4C)C3)nc3ccccc32)cc1. The van der Waals surface area contributed by atoms with E-state index in [9.17, 15) is 4.79 Å². The molecular formula is C27H27N3O2. The van der Waals surface area contributed by atoms with Crippen LogP contribution in [0.2, 0.25) is 0 Å². The van der Waals surface area contributed by atoms with E-state index in [2.05, 4.69) is 29.7 Å². The maximum absolute atomic E-state index is 12.9. The molecular weight excluding hydrogens is 398 g/mol. The molecule has 4 aromatic rings. The Kier molecular flexibility index (Phi) is 5.39. The number of aromatic nitrogens is 2. The number of aryl methyl sites for hydroxylation is 2. The summed E-state index contributed by atoms with van der Waals surface area (Å²) in [6.45, 7) is 5.98. The summed E-state index contributed by atoms with van der Waals surface area (Å²) >= 11 is 0. The molecule has 5 heteroatoms. The van der Waals surface area contributed by atoms with E-state index in [0.29, 0.717) is 26.1 Å². The average molecular weight is 426 g/mol. The highest BCUT2D eigenvalue weighted by Gasteiger charge is 2.35. The molecule has 1 atom stereocenters. The fraction of sp³-hybridized carbons (Fsp3) is 0.259. The highest BCUT2D eigenvalue weighted by atomic mass is 16.5. The average Bonchev–Trinajstić information content (AvgIpc) is 3.36. The van der Waals surface area contributed by atoms with E-state index in [0.717, 1.165) is 33.9 Å². The molecule has 0 spiro atoms. The molecule has 0 saturated carbocycles. The highest BCUT2D eigenvalue weighted by molar-refractivity contribution is 5.97. The lowest BCUT2D eigenvalue weighted by Gasteiger charge is -2.19. The number of carbonyl (C=O) groups is 1. The zero-order valence-electron chi connectivity index (χ0n) is 18.5. The van der Waals surface area contributed by atoms with Crippen LogP contribution in [-0.4, -0.2) is 28.6 Å². The van der Waals surface area contributed by atoms with Crippen LogP contribution in [0, 0.1) is 13.8 Å². The molecule has 162 valence electrons. The first-order valence-corrected chi connectivity index (χ1v) is 11.1. The molecule has 1 saturated heterocycles. The third-order valence-electron chi connectivity index (χ3n) is 6.19. The van der Waals surface area contributed by atoms with E-state index in [1.165, 1.54) is 5.56 Å². The number of fused-ring (bicyclic) bond motifs is 1. The standard InChI is InChI=1S/C27H27N3O2/c1-19-11-13-22(14-12-19)32-16-15-29-25-10-6-4-8-23(25)28-27(29)21-17-26(31)30(18-21)24-9-5-3-7-20(24)2/h3-14,21H,15-18H2,1-2H3. The van der Waals surface area contributed by atoms with Crippen molar-refractivity contribution in [2.75, 3.05) is 18.1 Å². The van der Waals surface area contributed by atoms with Gasteiger partial charge in [0, 0.05) is 24.6 Å². The topological polar surface area (TPSA) is 47.4 Å². The van der Waals surface area contributed by atoms with Crippen LogP contribution in [0.1, 0.15) is 29.3 Å². The fourth-order valence-electron chi connectivity index (χ4n) is 4.51. The lowest BCUT2D eigenvalue weighted by molar-refractivity contribution is -0.117. The Morgan fingerprint density at radius 1 is 0.969 bits per heavy atom. The number of carbonyl (C=O) groups excluding carboxylic acids is 1. The van der Waals surface area contributed by atoms with Gasteiger partial charge in [-0.05, 0) is 49.7 Å². The van der Waals surface area contributed by atoms with E-state index in [1.807, 2.05) is 66.4 Å². The van der Waals surface area contributed by atoms with Gasteiger partial charge in [-0.25, -0.2) is 4.98 Å². The molecule has 0 bridgehead atoms. The molecule has 1 aliphatic rings. The molecule has 1 unspecified atom stereocenters. The van der Waals surface area contributed by atoms with Crippen LogP contribution in [-0.2, 0) is 11.3 Å². The van der Waals surface area contributed by atoms with E-state index in [4.69, 9.17) is 9.72 Å². The Morgan fingerprint density at radius 2 is 1.72 bits per heavy atom. The number of ether oxygens (including phenoxy) is 1. The van der Waals surface area contributed by atoms with Crippen molar-refractivity contribution in [2.24, 2.45) is 0 Å². The molecule has 5 rings (SSSR count). The molecule has 1 amide bonds. The van der Waals surface area contributed by atoms with Gasteiger partial charge in [0.2, 0.25) is 5.91 Å². The second-order valence-electron chi connectivity index (χ2n) is 8.46. The zero-order valence-corrected chi connectivity index (χ0v) is 18.5. The number of hydrogen-bond acceptors (Lipinski definition) is 3. The van der Waals surface area contributed by atoms with Gasteiger partial charge in [-0.2, -0.15) is 0 Å². The van der Waals surface area contributed by atoms with E-state index < -0.39 is 0 Å². The molecule has 0 N–H and O–H groups in total. The first-order valence-electron chi connectivity index (χ1n) is 11.1. The Balaban J connectivity index is 1.41. The zero-order chi connectivity index (χ0) is 22.1. The number of rotatable bonds is 6. The maximum atomic E-state index is 12.9. The van der Waals surface area contributed by atoms with Crippen molar-refractivity contribution in [3.05, 3.63) is 89.7 Å². The summed E-state index contributed by atoms with van der Waals surface area (Å²) in [5.74, 6) is 2.03. The molecule has 1 aromatic heterocycles. The summed E-state index contributed by atoms with van der Waals surface area (Å²) in [5.41, 5.74) is 5.35. The fourth-order valence-corrected chi connectivity index (χ4v) is 4.51. The number of anilines is 1. The molecule has 0 aliphatic carbocycles. The number of benzene rings is 3. The van der Waals surface area contributed by atoms with Gasteiger partial charge >= 0.3 is 0 Å². The van der Waals surface area contributed by atoms with Crippen molar-refractivity contribution in [3.8, 4) is 5.75 Å². The van der Waals surface area contributed by atoms with Gasteiger partial charge < -0.3 is 14.2 Å². The Morgan fingerprint density at radius 3 is 2.53 bits per heavy atom. The monoisotopic (exact) mass is 425 g/mol. The summed E-state index contributed by atoms with van der Waals surface area (Å²) in [6.07, 6.45) is 0.469. The van der Waals surface area contributed by atoms with Crippen molar-refractivity contribution in [2.45, 2.75) is 32.7 Å². The van der Waals surface area contributed by atoms with E-state index in [-0.39, 0.29) is 11.8 Å². The summed E-state index contributed by atoms with van der Waals surface area (Å²) < 4.78 is 8.23. The minimum Gasteiger partial charge on any atom is -0.492 e. The lowest BCUT2D eigenvalue weighted by atomic mass is 10.1. The molecule has 0 radical (unpaired) electrons. The van der Waals surface area contributed by atoms with Crippen LogP contribution in [0.15, 0.2) is 72.8 Å². The lowest BCUT2D eigenvalue weighted by Crippen LogP contribution is -2.25. The predicted octanol–water partition coefficient (Wildman–Crippen LogP) is 5.25. The Labute approximate surface area is 188 Å². The van der Waals surface area contributed by atoms with Gasteiger partial charge in [-0.1, -0.05) is 48.0 Å². The maximum Gasteiger partial charge on any atom is 0.227 e. The van der Waals surface area contributed by atoms with Crippen molar-refractivity contribution in [1.82, 2.24) is 9.55 Å². The minimum atomic E-state index is 0.0499. The molecule has 1 fully saturated rings. The van der Waals surface area contributed by atoms with Crippen molar-refractivity contribution < 1.29 is 9.53 Å². The molecule has 5 nitrogen and oxygen atoms in total. The molecule has 2 heterocycles. The second kappa shape index (κ2) is 8.50. The quantitative estimate of drug-likeness (QED) is 0.424. The summed E-state index contributed by atoms with van der Waals surface area (Å²) in [7, 11) is 0. The molecule has 3 aromatic carbocycles. The van der Waals surface area contributed by atoms with Crippen LogP contribution < -0.4 is 9.64 Å². The van der Waals surface area contributed by atoms with Crippen molar-refractivity contribution >= 4 is 22.6 Å². The van der Waals surface area contributed by atoms with Crippen LogP contribution in [0.5, 0.6) is 5.75 Å².